The molecule has 0 saturated heterocycles. The lowest BCUT2D eigenvalue weighted by Crippen LogP contribution is -2.11. The van der Waals surface area contributed by atoms with Crippen molar-refractivity contribution >= 4 is 5.97 Å². The van der Waals surface area contributed by atoms with Gasteiger partial charge in [-0.15, -0.1) is 5.10 Å². The minimum atomic E-state index is -1.08. The second-order valence-electron chi connectivity index (χ2n) is 5.79. The number of ether oxygens (including phenoxy) is 1. The number of hydrogen-bond acceptors (Lipinski definition) is 4. The van der Waals surface area contributed by atoms with Gasteiger partial charge in [-0.2, -0.15) is 0 Å². The molecule has 1 heterocycles. The van der Waals surface area contributed by atoms with E-state index in [9.17, 15) is 4.79 Å². The van der Waals surface area contributed by atoms with Crippen LogP contribution in [0.3, 0.4) is 0 Å². The summed E-state index contributed by atoms with van der Waals surface area (Å²) >= 11 is 0. The van der Waals surface area contributed by atoms with Gasteiger partial charge in [0, 0.05) is 0 Å². The van der Waals surface area contributed by atoms with E-state index in [0.29, 0.717) is 13.2 Å². The normalized spacial score (nSPS) is 11.4. The van der Waals surface area contributed by atoms with E-state index in [-0.39, 0.29) is 11.1 Å². The molecule has 2 aromatic rings. The molecule has 6 heteroatoms. The van der Waals surface area contributed by atoms with Crippen molar-refractivity contribution in [1.29, 1.82) is 0 Å². The molecule has 112 valence electrons. The lowest BCUT2D eigenvalue weighted by molar-refractivity contribution is 0.0690. The van der Waals surface area contributed by atoms with Gasteiger partial charge in [0.25, 0.3) is 0 Å². The standard InChI is InChI=1S/C15H19N3O3/c1-15(2,3)11-4-6-12(7-5-11)21-9-8-18-10-13(14(19)20)16-17-18/h4-7,10H,8-9H2,1-3H3,(H,19,20). The Labute approximate surface area is 123 Å². The second-order valence-corrected chi connectivity index (χ2v) is 5.79. The largest absolute Gasteiger partial charge is 0.492 e. The molecule has 21 heavy (non-hydrogen) atoms. The molecule has 0 spiro atoms. The van der Waals surface area contributed by atoms with E-state index in [2.05, 4.69) is 31.1 Å². The molecule has 0 atom stereocenters. The number of aromatic nitrogens is 3. The highest BCUT2D eigenvalue weighted by molar-refractivity contribution is 5.84. The predicted molar refractivity (Wildman–Crippen MR) is 77.6 cm³/mol. The summed E-state index contributed by atoms with van der Waals surface area (Å²) in [5.74, 6) is -0.304. The zero-order valence-corrected chi connectivity index (χ0v) is 12.4. The first kappa shape index (κ1) is 15.0. The van der Waals surface area contributed by atoms with Gasteiger partial charge in [0.05, 0.1) is 12.7 Å². The number of aromatic carboxylic acids is 1. The van der Waals surface area contributed by atoms with Crippen LogP contribution < -0.4 is 4.74 Å². The van der Waals surface area contributed by atoms with Gasteiger partial charge in [0.2, 0.25) is 0 Å². The lowest BCUT2D eigenvalue weighted by Gasteiger charge is -2.19. The molecule has 1 aromatic heterocycles. The third-order valence-corrected chi connectivity index (χ3v) is 3.07. The fourth-order valence-corrected chi connectivity index (χ4v) is 1.81. The van der Waals surface area contributed by atoms with Gasteiger partial charge >= 0.3 is 5.97 Å². The summed E-state index contributed by atoms with van der Waals surface area (Å²) in [6.07, 6.45) is 1.38. The Balaban J connectivity index is 1.87. The van der Waals surface area contributed by atoms with Crippen molar-refractivity contribution in [2.24, 2.45) is 0 Å². The topological polar surface area (TPSA) is 77.2 Å². The zero-order valence-electron chi connectivity index (χ0n) is 12.4. The smallest absolute Gasteiger partial charge is 0.358 e. The van der Waals surface area contributed by atoms with Gasteiger partial charge < -0.3 is 9.84 Å². The van der Waals surface area contributed by atoms with Crippen LogP contribution in [0.2, 0.25) is 0 Å². The second kappa shape index (κ2) is 5.95. The highest BCUT2D eigenvalue weighted by Crippen LogP contribution is 2.24. The van der Waals surface area contributed by atoms with Crippen LogP contribution in [0.15, 0.2) is 30.5 Å². The van der Waals surface area contributed by atoms with E-state index >= 15 is 0 Å². The number of benzene rings is 1. The molecular weight excluding hydrogens is 270 g/mol. The monoisotopic (exact) mass is 289 g/mol. The Morgan fingerprint density at radius 2 is 1.95 bits per heavy atom. The van der Waals surface area contributed by atoms with Crippen molar-refractivity contribution in [1.82, 2.24) is 15.0 Å². The molecule has 0 fully saturated rings. The molecule has 0 bridgehead atoms. The van der Waals surface area contributed by atoms with Crippen LogP contribution in [0, 0.1) is 0 Å². The first-order valence-electron chi connectivity index (χ1n) is 6.73. The molecule has 0 radical (unpaired) electrons. The highest BCUT2D eigenvalue weighted by atomic mass is 16.5. The van der Waals surface area contributed by atoms with Gasteiger partial charge in [-0.25, -0.2) is 9.48 Å². The molecule has 1 N–H and O–H groups in total. The minimum absolute atomic E-state index is 0.0652. The number of carbonyl (C=O) groups is 1. The van der Waals surface area contributed by atoms with Crippen LogP contribution >= 0.6 is 0 Å². The Morgan fingerprint density at radius 3 is 2.48 bits per heavy atom. The fourth-order valence-electron chi connectivity index (χ4n) is 1.81. The molecule has 0 saturated carbocycles. The van der Waals surface area contributed by atoms with E-state index in [1.54, 1.807) is 0 Å². The van der Waals surface area contributed by atoms with Crippen molar-refractivity contribution < 1.29 is 14.6 Å². The van der Waals surface area contributed by atoms with E-state index in [1.165, 1.54) is 16.4 Å². The van der Waals surface area contributed by atoms with Crippen LogP contribution in [-0.4, -0.2) is 32.7 Å². The Kier molecular flexibility index (Phi) is 4.26. The summed E-state index contributed by atoms with van der Waals surface area (Å²) in [5.41, 5.74) is 1.30. The molecule has 6 nitrogen and oxygen atoms in total. The molecule has 0 aliphatic heterocycles. The molecule has 2 rings (SSSR count). The van der Waals surface area contributed by atoms with Crippen molar-refractivity contribution in [3.05, 3.63) is 41.7 Å². The average Bonchev–Trinajstić information content (AvgIpc) is 2.87. The maximum Gasteiger partial charge on any atom is 0.358 e. The molecule has 0 unspecified atom stereocenters. The Bertz CT molecular complexity index is 612. The van der Waals surface area contributed by atoms with E-state index in [1.807, 2.05) is 24.3 Å². The van der Waals surface area contributed by atoms with E-state index in [0.717, 1.165) is 5.75 Å². The van der Waals surface area contributed by atoms with Crippen LogP contribution in [0.5, 0.6) is 5.75 Å². The number of carboxylic acid groups (broad SMARTS) is 1. The maximum atomic E-state index is 10.7. The molecule has 0 aliphatic carbocycles. The summed E-state index contributed by atoms with van der Waals surface area (Å²) in [6.45, 7) is 7.33. The van der Waals surface area contributed by atoms with Gasteiger partial charge in [-0.1, -0.05) is 38.1 Å². The van der Waals surface area contributed by atoms with E-state index < -0.39 is 5.97 Å². The predicted octanol–water partition coefficient (Wildman–Crippen LogP) is 2.35. The summed E-state index contributed by atoms with van der Waals surface area (Å²) < 4.78 is 7.06. The lowest BCUT2D eigenvalue weighted by atomic mass is 9.87. The van der Waals surface area contributed by atoms with Crippen molar-refractivity contribution in [2.45, 2.75) is 32.7 Å². The summed E-state index contributed by atoms with van der Waals surface area (Å²) in [5, 5.41) is 16.0. The minimum Gasteiger partial charge on any atom is -0.492 e. The van der Waals surface area contributed by atoms with Crippen molar-refractivity contribution in [3.8, 4) is 5.75 Å². The molecule has 0 aliphatic rings. The average molecular weight is 289 g/mol. The number of nitrogens with zero attached hydrogens (tertiary/aromatic N) is 3. The van der Waals surface area contributed by atoms with E-state index in [4.69, 9.17) is 9.84 Å². The third-order valence-electron chi connectivity index (χ3n) is 3.07. The third kappa shape index (κ3) is 4.05. The first-order valence-corrected chi connectivity index (χ1v) is 6.73. The SMILES string of the molecule is CC(C)(C)c1ccc(OCCn2cc(C(=O)O)nn2)cc1. The highest BCUT2D eigenvalue weighted by Gasteiger charge is 2.13. The Hall–Kier alpha value is -2.37. The molecule has 1 aromatic carbocycles. The molecule has 0 amide bonds. The molecular formula is C15H19N3O3. The van der Waals surface area contributed by atoms with Crippen LogP contribution in [0.1, 0.15) is 36.8 Å². The summed E-state index contributed by atoms with van der Waals surface area (Å²) in [6, 6.07) is 7.97. The van der Waals surface area contributed by atoms with Gasteiger partial charge in [0.1, 0.15) is 12.4 Å². The van der Waals surface area contributed by atoms with Crippen LogP contribution in [-0.2, 0) is 12.0 Å². The first-order chi connectivity index (χ1) is 9.86. The Morgan fingerprint density at radius 1 is 1.29 bits per heavy atom. The van der Waals surface area contributed by atoms with Crippen LogP contribution in [0.25, 0.3) is 0 Å². The fraction of sp³-hybridized carbons (Fsp3) is 0.400. The van der Waals surface area contributed by atoms with Gasteiger partial charge in [-0.3, -0.25) is 0 Å². The number of carboxylic acids is 1. The number of hydrogen-bond donors (Lipinski definition) is 1. The quantitative estimate of drug-likeness (QED) is 0.914. The van der Waals surface area contributed by atoms with Gasteiger partial charge in [0.15, 0.2) is 5.69 Å². The zero-order chi connectivity index (χ0) is 15.5. The van der Waals surface area contributed by atoms with Crippen molar-refractivity contribution in [2.75, 3.05) is 6.61 Å². The summed E-state index contributed by atoms with van der Waals surface area (Å²) in [7, 11) is 0. The summed E-state index contributed by atoms with van der Waals surface area (Å²) in [4.78, 5) is 10.7. The number of rotatable bonds is 5. The van der Waals surface area contributed by atoms with Crippen LogP contribution in [0.4, 0.5) is 0 Å². The maximum absolute atomic E-state index is 10.7. The van der Waals surface area contributed by atoms with Gasteiger partial charge in [-0.05, 0) is 23.1 Å². The van der Waals surface area contributed by atoms with Crippen molar-refractivity contribution in [3.63, 3.8) is 0 Å².